The minimum Gasteiger partial charge on any atom is -0.397 e. The van der Waals surface area contributed by atoms with Crippen molar-refractivity contribution in [1.82, 2.24) is 14.8 Å². The van der Waals surface area contributed by atoms with Crippen LogP contribution in [0.5, 0.6) is 0 Å². The van der Waals surface area contributed by atoms with Gasteiger partial charge in [0, 0.05) is 6.07 Å². The lowest BCUT2D eigenvalue weighted by atomic mass is 10.2. The van der Waals surface area contributed by atoms with Gasteiger partial charge in [0.15, 0.2) is 17.2 Å². The predicted octanol–water partition coefficient (Wildman–Crippen LogP) is 1.47. The highest BCUT2D eigenvalue weighted by molar-refractivity contribution is 6.33. The van der Waals surface area contributed by atoms with Gasteiger partial charge in [-0.15, -0.1) is 0 Å². The number of hydrogen-bond acceptors (Lipinski definition) is 7. The molecule has 2 aromatic rings. The number of nitrogen functional groups attached to an aromatic ring is 1. The summed E-state index contributed by atoms with van der Waals surface area (Å²) >= 11 is 6.35. The number of nitrogens with zero attached hydrogens (tertiary/aromatic N) is 5. The van der Waals surface area contributed by atoms with Crippen molar-refractivity contribution >= 4 is 41.0 Å². The first kappa shape index (κ1) is 17.7. The molecule has 0 atom stereocenters. The van der Waals surface area contributed by atoms with Crippen LogP contribution < -0.4 is 15.1 Å². The molecule has 0 aliphatic rings. The third-order valence-electron chi connectivity index (χ3n) is 3.17. The van der Waals surface area contributed by atoms with Gasteiger partial charge in [-0.1, -0.05) is 16.8 Å². The Morgan fingerprint density at radius 3 is 2.58 bits per heavy atom. The number of aromatic nitrogens is 2. The molecule has 0 spiro atoms. The van der Waals surface area contributed by atoms with Gasteiger partial charge in [0.1, 0.15) is 12.1 Å². The summed E-state index contributed by atoms with van der Waals surface area (Å²) in [6, 6.07) is 5.20. The fraction of sp³-hybridized carbons (Fsp3) is 0.286. The van der Waals surface area contributed by atoms with Gasteiger partial charge < -0.3 is 10.6 Å². The van der Waals surface area contributed by atoms with Crippen molar-refractivity contribution in [3.63, 3.8) is 0 Å². The van der Waals surface area contributed by atoms with Crippen molar-refractivity contribution in [1.29, 1.82) is 0 Å². The van der Waals surface area contributed by atoms with E-state index in [-0.39, 0.29) is 17.3 Å². The third kappa shape index (κ3) is 3.47. The van der Waals surface area contributed by atoms with Crippen molar-refractivity contribution in [2.24, 2.45) is 5.16 Å². The van der Waals surface area contributed by atoms with Crippen molar-refractivity contribution in [3.05, 3.63) is 28.9 Å². The molecular formula is C14H18ClN6O3+. The quantitative estimate of drug-likeness (QED) is 0.287. The summed E-state index contributed by atoms with van der Waals surface area (Å²) in [5, 5.41) is 11.4. The fourth-order valence-corrected chi connectivity index (χ4v) is 2.49. The van der Waals surface area contributed by atoms with Gasteiger partial charge in [0.2, 0.25) is 12.2 Å². The molecule has 1 aromatic carbocycles. The molecule has 0 radical (unpaired) electrons. The van der Waals surface area contributed by atoms with Crippen LogP contribution in [0.25, 0.3) is 0 Å². The lowest BCUT2D eigenvalue weighted by Crippen LogP contribution is -2.35. The van der Waals surface area contributed by atoms with Crippen LogP contribution in [-0.4, -0.2) is 50.8 Å². The van der Waals surface area contributed by atoms with E-state index < -0.39 is 0 Å². The van der Waals surface area contributed by atoms with E-state index in [1.165, 1.54) is 12.0 Å². The largest absolute Gasteiger partial charge is 0.397 e. The molecule has 0 saturated heterocycles. The van der Waals surface area contributed by atoms with E-state index in [0.717, 1.165) is 5.69 Å². The van der Waals surface area contributed by atoms with Gasteiger partial charge in [-0.2, -0.15) is 0 Å². The van der Waals surface area contributed by atoms with Crippen LogP contribution in [0.4, 0.5) is 17.2 Å². The van der Waals surface area contributed by atoms with Crippen LogP contribution in [0.1, 0.15) is 5.69 Å². The first-order valence-electron chi connectivity index (χ1n) is 6.85. The zero-order chi connectivity index (χ0) is 17.9. The highest BCUT2D eigenvalue weighted by Gasteiger charge is 2.25. The molecule has 9 nitrogen and oxygen atoms in total. The Balaban J connectivity index is 2.51. The van der Waals surface area contributed by atoms with E-state index in [9.17, 15) is 4.79 Å². The summed E-state index contributed by atoms with van der Waals surface area (Å²) in [4.78, 5) is 17.6. The molecular weight excluding hydrogens is 336 g/mol. The zero-order valence-electron chi connectivity index (χ0n) is 13.7. The van der Waals surface area contributed by atoms with E-state index in [2.05, 4.69) is 20.1 Å². The van der Waals surface area contributed by atoms with Gasteiger partial charge in [0.05, 0.1) is 26.8 Å². The molecule has 24 heavy (non-hydrogen) atoms. The van der Waals surface area contributed by atoms with E-state index >= 15 is 0 Å². The summed E-state index contributed by atoms with van der Waals surface area (Å²) in [6.45, 7) is 0. The Morgan fingerprint density at radius 2 is 2.12 bits per heavy atom. The lowest BCUT2D eigenvalue weighted by molar-refractivity contribution is -0.106. The number of oxime groups is 1. The maximum absolute atomic E-state index is 11.6. The average Bonchev–Trinajstić information content (AvgIpc) is 2.92. The Morgan fingerprint density at radius 1 is 1.42 bits per heavy atom. The molecule has 2 rings (SSSR count). The predicted molar refractivity (Wildman–Crippen MR) is 91.8 cm³/mol. The first-order valence-corrected chi connectivity index (χ1v) is 7.23. The number of benzene rings is 1. The normalized spacial score (nSPS) is 12.1. The number of nitrogens with two attached hydrogens (primary N) is 1. The Bertz CT molecular complexity index is 768. The Kier molecular flexibility index (Phi) is 5.05. The summed E-state index contributed by atoms with van der Waals surface area (Å²) in [5.41, 5.74) is 7.11. The van der Waals surface area contributed by atoms with Crippen LogP contribution in [0.15, 0.2) is 28.0 Å². The number of hydrogen-bond donors (Lipinski definition) is 1. The lowest BCUT2D eigenvalue weighted by Gasteiger charge is -2.25. The molecule has 0 unspecified atom stereocenters. The second-order valence-electron chi connectivity index (χ2n) is 5.72. The molecule has 128 valence electrons. The molecule has 10 heteroatoms. The first-order chi connectivity index (χ1) is 11.3. The molecule has 0 saturated carbocycles. The fourth-order valence-electron chi connectivity index (χ4n) is 2.06. The molecule has 1 heterocycles. The topological polar surface area (TPSA) is 107 Å². The van der Waals surface area contributed by atoms with Gasteiger partial charge in [-0.3, -0.25) is 14.2 Å². The van der Waals surface area contributed by atoms with Crippen LogP contribution in [0, 0.1) is 0 Å². The maximum atomic E-state index is 11.6. The SMILES string of the molecule is CO/N=C(/c1nonc1N)N(C=O)c1ccc([N+](C)(C)C)c(Cl)c1. The minimum absolute atomic E-state index is 0.0216. The monoisotopic (exact) mass is 353 g/mol. The number of rotatable bonds is 5. The summed E-state index contributed by atoms with van der Waals surface area (Å²) in [7, 11) is 7.29. The van der Waals surface area contributed by atoms with Crippen LogP contribution >= 0.6 is 11.6 Å². The van der Waals surface area contributed by atoms with Crippen LogP contribution in [0.2, 0.25) is 5.02 Å². The molecule has 2 N–H and O–H groups in total. The second-order valence-corrected chi connectivity index (χ2v) is 6.13. The van der Waals surface area contributed by atoms with Gasteiger partial charge in [0.25, 0.3) is 0 Å². The Hall–Kier alpha value is -2.65. The second kappa shape index (κ2) is 6.85. The number of anilines is 2. The van der Waals surface area contributed by atoms with E-state index in [1.807, 2.05) is 27.2 Å². The van der Waals surface area contributed by atoms with Gasteiger partial charge in [-0.25, -0.2) is 4.63 Å². The Labute approximate surface area is 143 Å². The zero-order valence-corrected chi connectivity index (χ0v) is 14.5. The minimum atomic E-state index is -0.0216. The van der Waals surface area contributed by atoms with Crippen LogP contribution in [-0.2, 0) is 9.63 Å². The van der Waals surface area contributed by atoms with E-state index in [1.54, 1.807) is 12.1 Å². The average molecular weight is 354 g/mol. The van der Waals surface area contributed by atoms with E-state index in [4.69, 9.17) is 22.2 Å². The van der Waals surface area contributed by atoms with Crippen molar-refractivity contribution in [2.75, 3.05) is 38.9 Å². The smallest absolute Gasteiger partial charge is 0.220 e. The van der Waals surface area contributed by atoms with Gasteiger partial charge in [-0.05, 0) is 22.4 Å². The van der Waals surface area contributed by atoms with Crippen molar-refractivity contribution < 1.29 is 14.3 Å². The third-order valence-corrected chi connectivity index (χ3v) is 3.47. The number of amidine groups is 1. The standard InChI is InChI=1S/C14H18ClN6O3/c1-21(2,3)11-6-5-9(7-10(11)15)20(8-22)14(19-23-4)12-13(16)18-24-17-12/h5-8H,1-4H3,(H2,16,18)/q+1/b19-14-. The number of carbonyl (C=O) groups is 1. The van der Waals surface area contributed by atoms with Crippen molar-refractivity contribution in [2.45, 2.75) is 0 Å². The number of halogens is 1. The molecule has 0 aliphatic carbocycles. The molecule has 0 aliphatic heterocycles. The number of quaternary nitrogens is 1. The maximum Gasteiger partial charge on any atom is 0.220 e. The molecule has 0 bridgehead atoms. The highest BCUT2D eigenvalue weighted by Crippen LogP contribution is 2.32. The van der Waals surface area contributed by atoms with E-state index in [0.29, 0.717) is 21.6 Å². The summed E-state index contributed by atoms with van der Waals surface area (Å²) in [5.74, 6) is 0.00652. The van der Waals surface area contributed by atoms with Gasteiger partial charge >= 0.3 is 0 Å². The summed E-state index contributed by atoms with van der Waals surface area (Å²) in [6.07, 6.45) is 0.545. The molecule has 1 aromatic heterocycles. The number of carbonyl (C=O) groups excluding carboxylic acids is 1. The van der Waals surface area contributed by atoms with Crippen LogP contribution in [0.3, 0.4) is 0 Å². The highest BCUT2D eigenvalue weighted by atomic mass is 35.5. The molecule has 1 amide bonds. The van der Waals surface area contributed by atoms with Crippen molar-refractivity contribution in [3.8, 4) is 0 Å². The summed E-state index contributed by atoms with van der Waals surface area (Å²) < 4.78 is 5.09. The molecule has 0 fully saturated rings. The number of amides is 1.